The Morgan fingerprint density at radius 1 is 0.892 bits per heavy atom. The number of hydrogen-bond donors (Lipinski definition) is 2. The van der Waals surface area contributed by atoms with E-state index in [1.165, 1.54) is 36.4 Å². The van der Waals surface area contributed by atoms with Gasteiger partial charge in [-0.1, -0.05) is 23.7 Å². The van der Waals surface area contributed by atoms with Crippen molar-refractivity contribution in [2.75, 3.05) is 11.5 Å². The summed E-state index contributed by atoms with van der Waals surface area (Å²) in [6, 6.07) is 12.0. The van der Waals surface area contributed by atoms with Crippen LogP contribution >= 0.6 is 34.8 Å². The Kier molecular flexibility index (Phi) is 6.87. The number of nitrogens with zero attached hydrogens (tertiary/aromatic N) is 1. The molecule has 9 nitrogen and oxygen atoms in total. The summed E-state index contributed by atoms with van der Waals surface area (Å²) in [5.74, 6) is -4.02. The molecule has 1 heterocycles. The van der Waals surface area contributed by atoms with Crippen LogP contribution in [0, 0.1) is 23.7 Å². The van der Waals surface area contributed by atoms with Gasteiger partial charge in [-0.2, -0.15) is 0 Å². The van der Waals surface area contributed by atoms with Gasteiger partial charge >= 0.3 is 5.97 Å². The molecule has 2 saturated carbocycles. The minimum Gasteiger partial charge on any atom is -0.452 e. The molecule has 0 spiro atoms. The second-order valence-electron chi connectivity index (χ2n) is 9.12. The fourth-order valence-corrected chi connectivity index (χ4v) is 6.55. The molecule has 37 heavy (non-hydrogen) atoms. The maximum atomic E-state index is 13.1. The number of imide groups is 1. The first kappa shape index (κ1) is 25.5. The van der Waals surface area contributed by atoms with Gasteiger partial charge in [0.1, 0.15) is 0 Å². The first-order chi connectivity index (χ1) is 17.7. The average Bonchev–Trinajstić information content (AvgIpc) is 3.51. The molecular weight excluding hydrogens is 545 g/mol. The molecule has 4 amide bonds. The zero-order valence-electron chi connectivity index (χ0n) is 19.0. The molecule has 1 aliphatic heterocycles. The smallest absolute Gasteiger partial charge is 0.338 e. The van der Waals surface area contributed by atoms with Gasteiger partial charge in [0.15, 0.2) is 6.61 Å². The quantitative estimate of drug-likeness (QED) is 0.249. The van der Waals surface area contributed by atoms with Gasteiger partial charge in [0, 0.05) is 0 Å². The number of carbonyl (C=O) groups is 5. The molecule has 0 radical (unpaired) electrons. The van der Waals surface area contributed by atoms with Crippen LogP contribution in [0.4, 0.5) is 5.69 Å². The maximum Gasteiger partial charge on any atom is 0.338 e. The van der Waals surface area contributed by atoms with Crippen molar-refractivity contribution in [3.63, 3.8) is 0 Å². The molecule has 3 fully saturated rings. The molecule has 3 aliphatic rings. The van der Waals surface area contributed by atoms with E-state index in [1.54, 1.807) is 12.1 Å². The van der Waals surface area contributed by atoms with Crippen LogP contribution in [0.2, 0.25) is 5.02 Å². The summed E-state index contributed by atoms with van der Waals surface area (Å²) in [5, 5.41) is -0.477. The Labute approximate surface area is 226 Å². The zero-order valence-corrected chi connectivity index (χ0v) is 21.3. The molecule has 0 aromatic heterocycles. The van der Waals surface area contributed by atoms with E-state index < -0.39 is 36.2 Å². The van der Waals surface area contributed by atoms with Crippen molar-refractivity contribution < 1.29 is 28.7 Å². The van der Waals surface area contributed by atoms with Crippen molar-refractivity contribution in [3.05, 3.63) is 64.7 Å². The van der Waals surface area contributed by atoms with Crippen LogP contribution in [0.15, 0.2) is 48.5 Å². The number of rotatable bonds is 5. The molecular formula is C25H20Cl3N3O6. The monoisotopic (exact) mass is 563 g/mol. The van der Waals surface area contributed by atoms with Crippen molar-refractivity contribution in [1.29, 1.82) is 0 Å². The standard InChI is InChI=1S/C25H20Cl3N3O6/c26-16-4-2-1-3-13(16)22(33)30-29-17(32)10-37-25(36)11-5-7-12(8-6-11)31-23(34)18-14-9-15(19(18)24(31)35)21(28)20(14)27/h1-8,14-15,18-21H,9-10H2,(H,29,32)(H,30,33)/t14-,15-,18-,19+,20-,21+/m1/s1. The molecule has 12 heteroatoms. The number of alkyl halides is 2. The second-order valence-corrected chi connectivity index (χ2v) is 10.5. The number of amides is 4. The number of carbonyl (C=O) groups excluding carboxylic acids is 5. The average molecular weight is 565 g/mol. The highest BCUT2D eigenvalue weighted by molar-refractivity contribution is 6.34. The van der Waals surface area contributed by atoms with Crippen LogP contribution in [0.25, 0.3) is 0 Å². The Balaban J connectivity index is 1.15. The topological polar surface area (TPSA) is 122 Å². The van der Waals surface area contributed by atoms with Crippen molar-refractivity contribution >= 4 is 70.1 Å². The van der Waals surface area contributed by atoms with Gasteiger partial charge in [-0.15, -0.1) is 23.2 Å². The lowest BCUT2D eigenvalue weighted by molar-refractivity contribution is -0.125. The summed E-state index contributed by atoms with van der Waals surface area (Å²) in [6.07, 6.45) is 0.672. The van der Waals surface area contributed by atoms with E-state index >= 15 is 0 Å². The first-order valence-corrected chi connectivity index (χ1v) is 12.7. The van der Waals surface area contributed by atoms with Crippen LogP contribution < -0.4 is 15.8 Å². The summed E-state index contributed by atoms with van der Waals surface area (Å²) < 4.78 is 4.97. The highest BCUT2D eigenvalue weighted by Crippen LogP contribution is 2.59. The molecule has 2 aromatic rings. The SMILES string of the molecule is O=C(COC(=O)c1ccc(N2C(=O)[C@@H]3[C@H]4C[C@@H]([C@H](Cl)[C@@H]4Cl)[C@@H]3C2=O)cc1)NNC(=O)c1ccccc1Cl. The van der Waals surface area contributed by atoms with E-state index in [-0.39, 0.29) is 50.6 Å². The lowest BCUT2D eigenvalue weighted by Gasteiger charge is -2.28. The number of ether oxygens (including phenoxy) is 1. The third-order valence-corrected chi connectivity index (χ3v) is 8.77. The Hall–Kier alpha value is -3.14. The van der Waals surface area contributed by atoms with E-state index in [0.29, 0.717) is 12.1 Å². The molecule has 6 atom stereocenters. The minimum absolute atomic E-state index is 0.109. The molecule has 192 valence electrons. The van der Waals surface area contributed by atoms with Crippen molar-refractivity contribution in [2.45, 2.75) is 17.2 Å². The lowest BCUT2D eigenvalue weighted by atomic mass is 9.80. The molecule has 2 N–H and O–H groups in total. The Morgan fingerprint density at radius 3 is 2.08 bits per heavy atom. The largest absolute Gasteiger partial charge is 0.452 e. The normalized spacial score (nSPS) is 27.7. The second kappa shape index (κ2) is 9.96. The fourth-order valence-electron chi connectivity index (χ4n) is 5.44. The van der Waals surface area contributed by atoms with Crippen molar-refractivity contribution in [2.24, 2.45) is 23.7 Å². The number of nitrogens with one attached hydrogen (secondary N) is 2. The predicted molar refractivity (Wildman–Crippen MR) is 134 cm³/mol. The molecule has 2 aromatic carbocycles. The van der Waals surface area contributed by atoms with E-state index in [9.17, 15) is 24.0 Å². The zero-order chi connectivity index (χ0) is 26.4. The highest BCUT2D eigenvalue weighted by Gasteiger charge is 2.66. The molecule has 2 aliphatic carbocycles. The van der Waals surface area contributed by atoms with Crippen molar-refractivity contribution in [3.8, 4) is 0 Å². The minimum atomic E-state index is -0.803. The summed E-state index contributed by atoms with van der Waals surface area (Å²) in [4.78, 5) is 63.7. The van der Waals surface area contributed by atoms with Gasteiger partial charge in [-0.05, 0) is 54.7 Å². The summed E-state index contributed by atoms with van der Waals surface area (Å²) in [6.45, 7) is -0.655. The number of esters is 1. The van der Waals surface area contributed by atoms with Crippen LogP contribution in [-0.2, 0) is 19.1 Å². The predicted octanol–water partition coefficient (Wildman–Crippen LogP) is 2.93. The van der Waals surface area contributed by atoms with Crippen LogP contribution in [0.3, 0.4) is 0 Å². The van der Waals surface area contributed by atoms with Gasteiger partial charge in [0.05, 0.1) is 44.4 Å². The Bertz CT molecular complexity index is 1270. The van der Waals surface area contributed by atoms with Crippen LogP contribution in [0.5, 0.6) is 0 Å². The summed E-state index contributed by atoms with van der Waals surface area (Å²) in [7, 11) is 0. The Morgan fingerprint density at radius 2 is 1.49 bits per heavy atom. The number of benzene rings is 2. The molecule has 2 bridgehead atoms. The first-order valence-electron chi connectivity index (χ1n) is 11.5. The van der Waals surface area contributed by atoms with Gasteiger partial charge < -0.3 is 4.74 Å². The molecule has 0 unspecified atom stereocenters. The summed E-state index contributed by atoms with van der Waals surface area (Å²) in [5.41, 5.74) is 4.92. The lowest BCUT2D eigenvalue weighted by Crippen LogP contribution is -2.43. The van der Waals surface area contributed by atoms with Crippen LogP contribution in [-0.4, -0.2) is 47.0 Å². The van der Waals surface area contributed by atoms with Gasteiger partial charge in [-0.25, -0.2) is 4.79 Å². The number of anilines is 1. The fraction of sp³-hybridized carbons (Fsp3) is 0.320. The number of hydrazine groups is 1. The number of hydrogen-bond acceptors (Lipinski definition) is 6. The molecule has 5 rings (SSSR count). The molecule has 1 saturated heterocycles. The van der Waals surface area contributed by atoms with E-state index in [1.807, 2.05) is 0 Å². The van der Waals surface area contributed by atoms with Gasteiger partial charge in [-0.3, -0.25) is 34.9 Å². The highest BCUT2D eigenvalue weighted by atomic mass is 35.5. The number of fused-ring (bicyclic) bond motifs is 5. The van der Waals surface area contributed by atoms with Crippen molar-refractivity contribution in [1.82, 2.24) is 10.9 Å². The van der Waals surface area contributed by atoms with Crippen LogP contribution in [0.1, 0.15) is 27.1 Å². The van der Waals surface area contributed by atoms with Gasteiger partial charge in [0.2, 0.25) is 11.8 Å². The third-order valence-electron chi connectivity index (χ3n) is 7.12. The van der Waals surface area contributed by atoms with E-state index in [0.717, 1.165) is 4.90 Å². The maximum absolute atomic E-state index is 13.1. The van der Waals surface area contributed by atoms with E-state index in [4.69, 9.17) is 39.5 Å². The number of halogens is 3. The van der Waals surface area contributed by atoms with E-state index in [2.05, 4.69) is 10.9 Å². The summed E-state index contributed by atoms with van der Waals surface area (Å²) >= 11 is 18.7. The third kappa shape index (κ3) is 4.45. The van der Waals surface area contributed by atoms with Gasteiger partial charge in [0.25, 0.3) is 11.8 Å².